The molecule has 0 bridgehead atoms. The van der Waals surface area contributed by atoms with Crippen LogP contribution in [0.5, 0.6) is 0 Å². The minimum atomic E-state index is -0.129. The Morgan fingerprint density at radius 2 is 1.90 bits per heavy atom. The molecular formula is C17H28N2O2. The first kappa shape index (κ1) is 17.5. The summed E-state index contributed by atoms with van der Waals surface area (Å²) >= 11 is 0. The van der Waals surface area contributed by atoms with Crippen LogP contribution in [0.2, 0.25) is 0 Å². The molecular weight excluding hydrogens is 264 g/mol. The fourth-order valence-corrected chi connectivity index (χ4v) is 2.20. The molecule has 0 saturated carbocycles. The molecule has 0 aliphatic rings. The molecule has 0 radical (unpaired) electrons. The number of nitrogens with one attached hydrogen (secondary N) is 1. The van der Waals surface area contributed by atoms with Gasteiger partial charge in [-0.05, 0) is 44.0 Å². The van der Waals surface area contributed by atoms with Gasteiger partial charge in [-0.15, -0.1) is 0 Å². The van der Waals surface area contributed by atoms with Crippen molar-refractivity contribution in [1.82, 2.24) is 5.32 Å². The van der Waals surface area contributed by atoms with Gasteiger partial charge < -0.3 is 15.0 Å². The Labute approximate surface area is 128 Å². The van der Waals surface area contributed by atoms with Crippen molar-refractivity contribution in [1.29, 1.82) is 0 Å². The van der Waals surface area contributed by atoms with Crippen molar-refractivity contribution in [3.05, 3.63) is 29.8 Å². The van der Waals surface area contributed by atoms with Gasteiger partial charge in [-0.3, -0.25) is 4.79 Å². The maximum Gasteiger partial charge on any atom is 0.307 e. The van der Waals surface area contributed by atoms with Crippen LogP contribution in [0.25, 0.3) is 0 Å². The Morgan fingerprint density at radius 1 is 1.24 bits per heavy atom. The van der Waals surface area contributed by atoms with E-state index in [2.05, 4.69) is 41.4 Å². The monoisotopic (exact) mass is 292 g/mol. The number of carbonyl (C=O) groups is 1. The van der Waals surface area contributed by atoms with E-state index < -0.39 is 0 Å². The third-order valence-electron chi connectivity index (χ3n) is 3.34. The van der Waals surface area contributed by atoms with Crippen molar-refractivity contribution >= 4 is 11.7 Å². The topological polar surface area (TPSA) is 41.6 Å². The number of ether oxygens (including phenoxy) is 1. The number of esters is 1. The van der Waals surface area contributed by atoms with Crippen LogP contribution in [0.1, 0.15) is 32.3 Å². The molecule has 4 nitrogen and oxygen atoms in total. The zero-order chi connectivity index (χ0) is 15.7. The predicted octanol–water partition coefficient (Wildman–Crippen LogP) is 2.62. The lowest BCUT2D eigenvalue weighted by Gasteiger charge is -2.18. The van der Waals surface area contributed by atoms with E-state index >= 15 is 0 Å². The van der Waals surface area contributed by atoms with Crippen molar-refractivity contribution in [3.63, 3.8) is 0 Å². The summed E-state index contributed by atoms with van der Waals surface area (Å²) in [5.41, 5.74) is 2.42. The molecule has 0 aliphatic carbocycles. The fraction of sp³-hybridized carbons (Fsp3) is 0.588. The van der Waals surface area contributed by atoms with Gasteiger partial charge >= 0.3 is 5.97 Å². The van der Waals surface area contributed by atoms with Crippen molar-refractivity contribution in [2.75, 3.05) is 32.1 Å². The van der Waals surface area contributed by atoms with Crippen molar-refractivity contribution in [2.24, 2.45) is 0 Å². The Hall–Kier alpha value is -1.55. The molecule has 21 heavy (non-hydrogen) atoms. The van der Waals surface area contributed by atoms with E-state index in [-0.39, 0.29) is 12.0 Å². The summed E-state index contributed by atoms with van der Waals surface area (Å²) in [5, 5.41) is 3.43. The maximum absolute atomic E-state index is 11.7. The molecule has 0 amide bonds. The highest BCUT2D eigenvalue weighted by atomic mass is 16.5. The predicted molar refractivity (Wildman–Crippen MR) is 87.8 cm³/mol. The summed E-state index contributed by atoms with van der Waals surface area (Å²) in [7, 11) is 4.06. The van der Waals surface area contributed by atoms with Gasteiger partial charge in [0, 0.05) is 25.8 Å². The van der Waals surface area contributed by atoms with E-state index in [0.717, 1.165) is 19.4 Å². The Balaban J connectivity index is 2.63. The molecule has 4 heteroatoms. The first-order valence-electron chi connectivity index (χ1n) is 7.72. The molecule has 1 rings (SSSR count). The fourth-order valence-electron chi connectivity index (χ4n) is 2.20. The van der Waals surface area contributed by atoms with Crippen LogP contribution in [0.15, 0.2) is 24.3 Å². The zero-order valence-corrected chi connectivity index (χ0v) is 13.7. The molecule has 0 heterocycles. The average Bonchev–Trinajstić information content (AvgIpc) is 2.45. The standard InChI is InChI=1S/C17H28N2O2/c1-5-11-18-15(13-17(20)21-6-2)12-14-7-9-16(10-8-14)19(3)4/h7-10,15,18H,5-6,11-13H2,1-4H3. The third kappa shape index (κ3) is 6.63. The smallest absolute Gasteiger partial charge is 0.307 e. The lowest BCUT2D eigenvalue weighted by molar-refractivity contribution is -0.143. The van der Waals surface area contributed by atoms with E-state index in [4.69, 9.17) is 4.74 Å². The first-order chi connectivity index (χ1) is 10.1. The number of nitrogens with zero attached hydrogens (tertiary/aromatic N) is 1. The molecule has 1 aromatic rings. The molecule has 0 fully saturated rings. The van der Waals surface area contributed by atoms with Gasteiger partial charge in [-0.2, -0.15) is 0 Å². The van der Waals surface area contributed by atoms with Crippen molar-refractivity contribution < 1.29 is 9.53 Å². The molecule has 0 aromatic heterocycles. The molecule has 0 aliphatic heterocycles. The van der Waals surface area contributed by atoms with E-state index in [9.17, 15) is 4.79 Å². The van der Waals surface area contributed by atoms with Crippen LogP contribution in [0, 0.1) is 0 Å². The summed E-state index contributed by atoms with van der Waals surface area (Å²) in [6.07, 6.45) is 2.31. The normalized spacial score (nSPS) is 12.0. The van der Waals surface area contributed by atoms with E-state index in [1.165, 1.54) is 11.3 Å². The van der Waals surface area contributed by atoms with Crippen LogP contribution in [0.3, 0.4) is 0 Å². The van der Waals surface area contributed by atoms with Crippen LogP contribution in [0.4, 0.5) is 5.69 Å². The number of rotatable bonds is 9. The maximum atomic E-state index is 11.7. The molecule has 0 saturated heterocycles. The Bertz CT molecular complexity index is 415. The first-order valence-corrected chi connectivity index (χ1v) is 7.72. The van der Waals surface area contributed by atoms with Gasteiger partial charge in [0.25, 0.3) is 0 Å². The quantitative estimate of drug-likeness (QED) is 0.710. The minimum absolute atomic E-state index is 0.129. The largest absolute Gasteiger partial charge is 0.466 e. The minimum Gasteiger partial charge on any atom is -0.466 e. The molecule has 1 N–H and O–H groups in total. The van der Waals surface area contributed by atoms with Gasteiger partial charge in [0.2, 0.25) is 0 Å². The SMILES string of the molecule is CCCNC(CC(=O)OCC)Cc1ccc(N(C)C)cc1. The van der Waals surface area contributed by atoms with Gasteiger partial charge in [-0.25, -0.2) is 0 Å². The summed E-state index contributed by atoms with van der Waals surface area (Å²) in [5.74, 6) is -0.129. The van der Waals surface area contributed by atoms with Crippen LogP contribution >= 0.6 is 0 Å². The number of carbonyl (C=O) groups excluding carboxylic acids is 1. The molecule has 1 unspecified atom stereocenters. The molecule has 1 aromatic carbocycles. The van der Waals surface area contributed by atoms with Crippen molar-refractivity contribution in [2.45, 2.75) is 39.2 Å². The summed E-state index contributed by atoms with van der Waals surface area (Å²) < 4.78 is 5.06. The van der Waals surface area contributed by atoms with Crippen LogP contribution < -0.4 is 10.2 Å². The second-order valence-electron chi connectivity index (χ2n) is 5.43. The highest BCUT2D eigenvalue weighted by Crippen LogP contribution is 2.14. The average molecular weight is 292 g/mol. The highest BCUT2D eigenvalue weighted by molar-refractivity contribution is 5.70. The van der Waals surface area contributed by atoms with Gasteiger partial charge in [0.15, 0.2) is 0 Å². The summed E-state index contributed by atoms with van der Waals surface area (Å²) in [4.78, 5) is 13.8. The van der Waals surface area contributed by atoms with Crippen molar-refractivity contribution in [3.8, 4) is 0 Å². The number of hydrogen-bond acceptors (Lipinski definition) is 4. The van der Waals surface area contributed by atoms with Gasteiger partial charge in [0.1, 0.15) is 0 Å². The van der Waals surface area contributed by atoms with E-state index in [0.29, 0.717) is 13.0 Å². The molecule has 118 valence electrons. The zero-order valence-electron chi connectivity index (χ0n) is 13.7. The second-order valence-corrected chi connectivity index (χ2v) is 5.43. The number of benzene rings is 1. The van der Waals surface area contributed by atoms with E-state index in [1.807, 2.05) is 21.0 Å². The van der Waals surface area contributed by atoms with Crippen LogP contribution in [-0.2, 0) is 16.0 Å². The lowest BCUT2D eigenvalue weighted by Crippen LogP contribution is -2.34. The molecule has 0 spiro atoms. The van der Waals surface area contributed by atoms with Gasteiger partial charge in [-0.1, -0.05) is 19.1 Å². The Morgan fingerprint density at radius 3 is 2.43 bits per heavy atom. The van der Waals surface area contributed by atoms with E-state index in [1.54, 1.807) is 0 Å². The highest BCUT2D eigenvalue weighted by Gasteiger charge is 2.14. The lowest BCUT2D eigenvalue weighted by atomic mass is 10.0. The van der Waals surface area contributed by atoms with Gasteiger partial charge in [0.05, 0.1) is 13.0 Å². The Kier molecular flexibility index (Phi) is 7.83. The second kappa shape index (κ2) is 9.40. The number of anilines is 1. The third-order valence-corrected chi connectivity index (χ3v) is 3.34. The summed E-state index contributed by atoms with van der Waals surface area (Å²) in [6, 6.07) is 8.60. The summed E-state index contributed by atoms with van der Waals surface area (Å²) in [6.45, 7) is 5.32. The van der Waals surface area contributed by atoms with Crippen LogP contribution in [-0.4, -0.2) is 39.3 Å². The number of hydrogen-bond donors (Lipinski definition) is 1. The molecule has 1 atom stereocenters.